The van der Waals surface area contributed by atoms with Gasteiger partial charge >= 0.3 is 13.1 Å². The lowest BCUT2D eigenvalue weighted by Crippen LogP contribution is -2.30. The molecule has 5 N–H and O–H groups in total. The van der Waals surface area contributed by atoms with E-state index in [0.29, 0.717) is 18.8 Å². The zero-order chi connectivity index (χ0) is 13.3. The highest BCUT2D eigenvalue weighted by Gasteiger charge is 2.27. The number of nitrogens with one attached hydrogen (secondary N) is 2. The molecule has 0 aromatic rings. The number of unbranched alkanes of at least 4 members (excludes halogenated alkanes) is 1. The maximum absolute atomic E-state index is 10.4. The molecule has 0 amide bonds. The van der Waals surface area contributed by atoms with E-state index in [1.54, 1.807) is 0 Å². The molecular weight excluding hydrogens is 223 g/mol. The fourth-order valence-corrected chi connectivity index (χ4v) is 1.53. The van der Waals surface area contributed by atoms with E-state index >= 15 is 0 Å². The lowest BCUT2D eigenvalue weighted by molar-refractivity contribution is -0.139. The number of carboxylic acids is 1. The fourth-order valence-electron chi connectivity index (χ4n) is 1.53. The molecule has 0 saturated carbocycles. The Morgan fingerprint density at radius 1 is 1.53 bits per heavy atom. The normalized spacial score (nSPS) is 22.8. The fraction of sp³-hybridized carbons (Fsp3) is 0.900. The van der Waals surface area contributed by atoms with Gasteiger partial charge < -0.3 is 25.8 Å². The Morgan fingerprint density at radius 2 is 2.18 bits per heavy atom. The summed E-state index contributed by atoms with van der Waals surface area (Å²) < 4.78 is 0. The summed E-state index contributed by atoms with van der Waals surface area (Å²) in [5.41, 5.74) is 0. The minimum absolute atomic E-state index is 0.320. The first kappa shape index (κ1) is 16.4. The Morgan fingerprint density at radius 3 is 2.41 bits per heavy atom. The average molecular weight is 246 g/mol. The third-order valence-electron chi connectivity index (χ3n) is 2.65. The Labute approximate surface area is 103 Å². The van der Waals surface area contributed by atoms with Crippen LogP contribution in [0.3, 0.4) is 0 Å². The summed E-state index contributed by atoms with van der Waals surface area (Å²) in [7, 11) is 0.747. The molecule has 0 aromatic carbocycles. The molecule has 2 atom stereocenters. The average Bonchev–Trinajstić information content (AvgIpc) is 2.75. The summed E-state index contributed by atoms with van der Waals surface area (Å²) in [6.07, 6.45) is 3.12. The SMILES string of the molecule is CCCCB(O)O.CNC1CNC(C(=O)O)C1. The molecule has 0 radical (unpaired) electrons. The molecule has 1 aliphatic rings. The largest absolute Gasteiger partial charge is 0.480 e. The van der Waals surface area contributed by atoms with Gasteiger partial charge in [-0.25, -0.2) is 0 Å². The van der Waals surface area contributed by atoms with Crippen LogP contribution in [0.5, 0.6) is 0 Å². The Hall–Kier alpha value is -0.625. The van der Waals surface area contributed by atoms with Gasteiger partial charge in [0.15, 0.2) is 0 Å². The van der Waals surface area contributed by atoms with E-state index in [9.17, 15) is 4.79 Å². The van der Waals surface area contributed by atoms with Crippen LogP contribution in [-0.4, -0.2) is 53.9 Å². The van der Waals surface area contributed by atoms with Crippen LogP contribution in [0, 0.1) is 0 Å². The molecule has 0 aromatic heterocycles. The van der Waals surface area contributed by atoms with Crippen LogP contribution in [0.1, 0.15) is 26.2 Å². The van der Waals surface area contributed by atoms with Gasteiger partial charge in [-0.15, -0.1) is 0 Å². The van der Waals surface area contributed by atoms with Crippen LogP contribution in [0.2, 0.25) is 6.32 Å². The Bertz CT molecular complexity index is 216. The van der Waals surface area contributed by atoms with Crippen molar-refractivity contribution in [1.82, 2.24) is 10.6 Å². The van der Waals surface area contributed by atoms with Crippen molar-refractivity contribution in [2.24, 2.45) is 0 Å². The molecule has 6 nitrogen and oxygen atoms in total. The summed E-state index contributed by atoms with van der Waals surface area (Å²) in [6.45, 7) is 2.77. The van der Waals surface area contributed by atoms with Gasteiger partial charge in [-0.05, 0) is 19.8 Å². The second-order valence-electron chi connectivity index (χ2n) is 4.14. The highest BCUT2D eigenvalue weighted by Crippen LogP contribution is 2.05. The highest BCUT2D eigenvalue weighted by atomic mass is 16.4. The number of aliphatic carboxylic acids is 1. The first-order valence-electron chi connectivity index (χ1n) is 6.00. The van der Waals surface area contributed by atoms with Gasteiger partial charge in [-0.2, -0.15) is 0 Å². The smallest absolute Gasteiger partial charge is 0.451 e. The first-order chi connectivity index (χ1) is 8.01. The molecule has 2 unspecified atom stereocenters. The zero-order valence-corrected chi connectivity index (χ0v) is 10.5. The van der Waals surface area contributed by atoms with Crippen molar-refractivity contribution in [2.75, 3.05) is 13.6 Å². The van der Waals surface area contributed by atoms with E-state index in [1.165, 1.54) is 0 Å². The standard InChI is InChI=1S/C6H12N2O2.C4H11BO2/c1-7-4-2-5(6(9)10)8-3-4;1-2-3-4-5(6)7/h4-5,7-8H,2-3H2,1H3,(H,9,10);6-7H,2-4H2,1H3. The molecule has 0 bridgehead atoms. The van der Waals surface area contributed by atoms with Gasteiger partial charge in [0.2, 0.25) is 0 Å². The number of carboxylic acid groups (broad SMARTS) is 1. The molecule has 17 heavy (non-hydrogen) atoms. The van der Waals surface area contributed by atoms with Crippen LogP contribution in [0.4, 0.5) is 0 Å². The Kier molecular flexibility index (Phi) is 9.06. The summed E-state index contributed by atoms with van der Waals surface area (Å²) in [5.74, 6) is -0.752. The molecule has 0 aliphatic carbocycles. The topological polar surface area (TPSA) is 102 Å². The van der Waals surface area contributed by atoms with Crippen molar-refractivity contribution in [3.8, 4) is 0 Å². The van der Waals surface area contributed by atoms with Gasteiger partial charge in [-0.1, -0.05) is 19.8 Å². The van der Waals surface area contributed by atoms with Crippen molar-refractivity contribution in [3.05, 3.63) is 0 Å². The number of likely N-dealkylation sites (N-methyl/N-ethyl adjacent to an activating group) is 1. The number of hydrogen-bond acceptors (Lipinski definition) is 5. The zero-order valence-electron chi connectivity index (χ0n) is 10.5. The lowest BCUT2D eigenvalue weighted by atomic mass is 9.84. The summed E-state index contributed by atoms with van der Waals surface area (Å²) in [5, 5.41) is 30.9. The highest BCUT2D eigenvalue weighted by molar-refractivity contribution is 6.40. The van der Waals surface area contributed by atoms with E-state index in [0.717, 1.165) is 19.4 Å². The monoisotopic (exact) mass is 246 g/mol. The maximum atomic E-state index is 10.4. The minimum atomic E-state index is -1.10. The molecule has 1 fully saturated rings. The molecule has 1 rings (SSSR count). The van der Waals surface area contributed by atoms with Gasteiger partial charge in [0.05, 0.1) is 0 Å². The van der Waals surface area contributed by atoms with Crippen LogP contribution < -0.4 is 10.6 Å². The van der Waals surface area contributed by atoms with Crippen molar-refractivity contribution >= 4 is 13.1 Å². The predicted molar refractivity (Wildman–Crippen MR) is 66.8 cm³/mol. The first-order valence-corrected chi connectivity index (χ1v) is 6.00. The quantitative estimate of drug-likeness (QED) is 0.410. The lowest BCUT2D eigenvalue weighted by Gasteiger charge is -2.04. The number of rotatable bonds is 5. The van der Waals surface area contributed by atoms with E-state index in [4.69, 9.17) is 15.2 Å². The van der Waals surface area contributed by atoms with Crippen molar-refractivity contribution in [2.45, 2.75) is 44.6 Å². The van der Waals surface area contributed by atoms with Gasteiger partial charge in [0.25, 0.3) is 0 Å². The van der Waals surface area contributed by atoms with E-state index in [2.05, 4.69) is 10.6 Å². The van der Waals surface area contributed by atoms with Crippen LogP contribution in [-0.2, 0) is 4.79 Å². The van der Waals surface area contributed by atoms with E-state index in [-0.39, 0.29) is 6.04 Å². The Balaban J connectivity index is 0.000000325. The third-order valence-corrected chi connectivity index (χ3v) is 2.65. The summed E-state index contributed by atoms with van der Waals surface area (Å²) >= 11 is 0. The second-order valence-corrected chi connectivity index (χ2v) is 4.14. The summed E-state index contributed by atoms with van der Waals surface area (Å²) in [4.78, 5) is 10.4. The molecule has 1 aliphatic heterocycles. The second kappa shape index (κ2) is 9.41. The van der Waals surface area contributed by atoms with E-state index < -0.39 is 13.1 Å². The van der Waals surface area contributed by atoms with Gasteiger partial charge in [-0.3, -0.25) is 4.79 Å². The van der Waals surface area contributed by atoms with Gasteiger partial charge in [0, 0.05) is 12.6 Å². The van der Waals surface area contributed by atoms with Crippen LogP contribution in [0.15, 0.2) is 0 Å². The minimum Gasteiger partial charge on any atom is -0.480 e. The number of carbonyl (C=O) groups is 1. The number of hydrogen-bond donors (Lipinski definition) is 5. The summed E-state index contributed by atoms with van der Waals surface area (Å²) in [6, 6.07) is -0.0291. The molecule has 1 saturated heterocycles. The van der Waals surface area contributed by atoms with E-state index in [1.807, 2.05) is 14.0 Å². The van der Waals surface area contributed by atoms with Gasteiger partial charge in [0.1, 0.15) is 6.04 Å². The van der Waals surface area contributed by atoms with Crippen LogP contribution in [0.25, 0.3) is 0 Å². The third kappa shape index (κ3) is 8.15. The van der Waals surface area contributed by atoms with Crippen molar-refractivity contribution in [3.63, 3.8) is 0 Å². The molecule has 1 heterocycles. The molecular formula is C10H23BN2O4. The molecule has 100 valence electrons. The maximum Gasteiger partial charge on any atom is 0.451 e. The van der Waals surface area contributed by atoms with Crippen molar-refractivity contribution in [1.29, 1.82) is 0 Å². The van der Waals surface area contributed by atoms with Crippen LogP contribution >= 0.6 is 0 Å². The molecule has 7 heteroatoms. The predicted octanol–water partition coefficient (Wildman–Crippen LogP) is -0.720. The molecule has 0 spiro atoms. The van der Waals surface area contributed by atoms with Crippen molar-refractivity contribution < 1.29 is 19.9 Å².